The summed E-state index contributed by atoms with van der Waals surface area (Å²) in [6.45, 7) is 3.55. The van der Waals surface area contributed by atoms with Gasteiger partial charge in [0.15, 0.2) is 17.5 Å². The van der Waals surface area contributed by atoms with E-state index in [0.29, 0.717) is 11.6 Å². The van der Waals surface area contributed by atoms with E-state index >= 15 is 0 Å². The Kier molecular flexibility index (Phi) is 5.85. The van der Waals surface area contributed by atoms with Crippen molar-refractivity contribution in [1.82, 2.24) is 0 Å². The van der Waals surface area contributed by atoms with Gasteiger partial charge in [0.05, 0.1) is 12.2 Å². The van der Waals surface area contributed by atoms with E-state index in [1.54, 1.807) is 13.8 Å². The Bertz CT molecular complexity index is 1050. The number of hydrogen-bond donors (Lipinski definition) is 1. The molecule has 9 heteroatoms. The summed E-state index contributed by atoms with van der Waals surface area (Å²) >= 11 is 2.52. The van der Waals surface area contributed by atoms with Crippen LogP contribution in [0.15, 0.2) is 29.6 Å². The molecule has 0 saturated carbocycles. The molecule has 4 nitrogen and oxygen atoms in total. The van der Waals surface area contributed by atoms with E-state index in [1.165, 1.54) is 11.3 Å². The molecule has 2 heterocycles. The first-order valence-corrected chi connectivity index (χ1v) is 9.84. The van der Waals surface area contributed by atoms with E-state index in [-0.39, 0.29) is 17.2 Å². The van der Waals surface area contributed by atoms with Crippen molar-refractivity contribution >= 4 is 39.6 Å². The molecular weight excluding hydrogens is 411 g/mol. The van der Waals surface area contributed by atoms with E-state index in [1.807, 2.05) is 17.5 Å². The van der Waals surface area contributed by atoms with Crippen molar-refractivity contribution in [2.24, 2.45) is 0 Å². The first-order valence-electron chi connectivity index (χ1n) is 8.14. The molecule has 0 unspecified atom stereocenters. The van der Waals surface area contributed by atoms with Gasteiger partial charge in [-0.25, -0.2) is 18.0 Å². The minimum absolute atomic E-state index is 0.128. The zero-order valence-corrected chi connectivity index (χ0v) is 16.4. The molecule has 0 atom stereocenters. The van der Waals surface area contributed by atoms with E-state index < -0.39 is 34.9 Å². The fraction of sp³-hybridized carbons (Fsp3) is 0.158. The number of anilines is 1. The Morgan fingerprint density at radius 1 is 1.14 bits per heavy atom. The summed E-state index contributed by atoms with van der Waals surface area (Å²) in [5, 5.41) is 4.42. The molecule has 0 radical (unpaired) electrons. The first kappa shape index (κ1) is 20.1. The van der Waals surface area contributed by atoms with Gasteiger partial charge in [-0.1, -0.05) is 6.07 Å². The van der Waals surface area contributed by atoms with Crippen molar-refractivity contribution in [2.75, 3.05) is 11.9 Å². The van der Waals surface area contributed by atoms with Crippen LogP contribution in [-0.2, 0) is 4.74 Å². The summed E-state index contributed by atoms with van der Waals surface area (Å²) in [4.78, 5) is 26.5. The zero-order valence-electron chi connectivity index (χ0n) is 14.8. The highest BCUT2D eigenvalue weighted by Crippen LogP contribution is 2.42. The standard InChI is InChI=1S/C19H14F3NO3S2/c1-3-26-19(25)14-13(12-5-4-8-27-12)9(2)28-18(14)23-17(24)10-6-7-11(20)16(22)15(10)21/h4-8H,3H2,1-2H3,(H,23,24). The molecule has 3 rings (SSSR count). The normalized spacial score (nSPS) is 10.8. The number of thiophene rings is 2. The highest BCUT2D eigenvalue weighted by atomic mass is 32.1. The number of ether oxygens (including phenoxy) is 1. The number of carbonyl (C=O) groups is 2. The molecule has 1 aromatic carbocycles. The Morgan fingerprint density at radius 3 is 2.54 bits per heavy atom. The van der Waals surface area contributed by atoms with E-state index in [9.17, 15) is 22.8 Å². The van der Waals surface area contributed by atoms with Gasteiger partial charge in [0.25, 0.3) is 5.91 Å². The van der Waals surface area contributed by atoms with Crippen molar-refractivity contribution in [3.8, 4) is 10.4 Å². The second kappa shape index (κ2) is 8.15. The predicted molar refractivity (Wildman–Crippen MR) is 103 cm³/mol. The maximum absolute atomic E-state index is 13.9. The zero-order chi connectivity index (χ0) is 20.4. The second-order valence-corrected chi connectivity index (χ2v) is 7.78. The minimum Gasteiger partial charge on any atom is -0.462 e. The number of nitrogens with one attached hydrogen (secondary N) is 1. The molecule has 0 aliphatic heterocycles. The maximum atomic E-state index is 13.9. The molecule has 0 saturated heterocycles. The van der Waals surface area contributed by atoms with Gasteiger partial charge in [0.1, 0.15) is 10.6 Å². The number of aryl methyl sites for hydroxylation is 1. The lowest BCUT2D eigenvalue weighted by atomic mass is 10.1. The van der Waals surface area contributed by atoms with Crippen LogP contribution in [-0.4, -0.2) is 18.5 Å². The van der Waals surface area contributed by atoms with Crippen LogP contribution in [0.2, 0.25) is 0 Å². The van der Waals surface area contributed by atoms with Gasteiger partial charge in [-0.3, -0.25) is 4.79 Å². The molecule has 2 aromatic heterocycles. The summed E-state index contributed by atoms with van der Waals surface area (Å²) in [5.74, 6) is -6.37. The van der Waals surface area contributed by atoms with Crippen LogP contribution in [0, 0.1) is 24.4 Å². The number of amides is 1. The molecule has 0 fully saturated rings. The lowest BCUT2D eigenvalue weighted by Gasteiger charge is -2.09. The molecule has 28 heavy (non-hydrogen) atoms. The Labute approximate surface area is 166 Å². The number of carbonyl (C=O) groups excluding carboxylic acids is 2. The predicted octanol–water partition coefficient (Wildman–Crippen LogP) is 5.63. The molecule has 146 valence electrons. The van der Waals surface area contributed by atoms with Crippen LogP contribution < -0.4 is 5.32 Å². The van der Waals surface area contributed by atoms with Crippen molar-refractivity contribution in [1.29, 1.82) is 0 Å². The van der Waals surface area contributed by atoms with Crippen molar-refractivity contribution in [3.05, 3.63) is 63.1 Å². The summed E-state index contributed by atoms with van der Waals surface area (Å²) in [7, 11) is 0. The largest absolute Gasteiger partial charge is 0.462 e. The van der Waals surface area contributed by atoms with Crippen LogP contribution >= 0.6 is 22.7 Å². The molecule has 1 N–H and O–H groups in total. The number of halogens is 3. The van der Waals surface area contributed by atoms with E-state index in [2.05, 4.69) is 5.32 Å². The molecule has 1 amide bonds. The van der Waals surface area contributed by atoms with Gasteiger partial charge in [0.2, 0.25) is 0 Å². The summed E-state index contributed by atoms with van der Waals surface area (Å²) in [6.07, 6.45) is 0. The van der Waals surface area contributed by atoms with Gasteiger partial charge in [-0.2, -0.15) is 0 Å². The van der Waals surface area contributed by atoms with Crippen LogP contribution in [0.4, 0.5) is 18.2 Å². The SMILES string of the molecule is CCOC(=O)c1c(NC(=O)c2ccc(F)c(F)c2F)sc(C)c1-c1cccs1. The number of hydrogen-bond acceptors (Lipinski definition) is 5. The average molecular weight is 425 g/mol. The van der Waals surface area contributed by atoms with Gasteiger partial charge in [-0.15, -0.1) is 22.7 Å². The second-order valence-electron chi connectivity index (χ2n) is 5.61. The molecule has 0 spiro atoms. The lowest BCUT2D eigenvalue weighted by molar-refractivity contribution is 0.0529. The highest BCUT2D eigenvalue weighted by Gasteiger charge is 2.27. The minimum atomic E-state index is -1.74. The Hall–Kier alpha value is -2.65. The fourth-order valence-corrected chi connectivity index (χ4v) is 4.57. The topological polar surface area (TPSA) is 55.4 Å². The van der Waals surface area contributed by atoms with E-state index in [0.717, 1.165) is 27.2 Å². The van der Waals surface area contributed by atoms with Gasteiger partial charge < -0.3 is 10.1 Å². The van der Waals surface area contributed by atoms with Crippen LogP contribution in [0.1, 0.15) is 32.5 Å². The van der Waals surface area contributed by atoms with Gasteiger partial charge >= 0.3 is 5.97 Å². The van der Waals surface area contributed by atoms with Gasteiger partial charge in [-0.05, 0) is 37.4 Å². The quantitative estimate of drug-likeness (QED) is 0.426. The summed E-state index contributed by atoms with van der Waals surface area (Å²) in [6, 6.07) is 5.15. The Balaban J connectivity index is 2.05. The first-order chi connectivity index (χ1) is 13.3. The van der Waals surface area contributed by atoms with Crippen molar-refractivity contribution < 1.29 is 27.5 Å². The van der Waals surface area contributed by atoms with E-state index in [4.69, 9.17) is 4.74 Å². The molecule has 0 aliphatic rings. The lowest BCUT2D eigenvalue weighted by Crippen LogP contribution is -2.17. The van der Waals surface area contributed by atoms with Crippen LogP contribution in [0.5, 0.6) is 0 Å². The summed E-state index contributed by atoms with van der Waals surface area (Å²) < 4.78 is 45.6. The molecule has 0 aliphatic carbocycles. The smallest absolute Gasteiger partial charge is 0.341 e. The highest BCUT2D eigenvalue weighted by molar-refractivity contribution is 7.18. The molecule has 0 bridgehead atoms. The third-order valence-electron chi connectivity index (χ3n) is 3.84. The van der Waals surface area contributed by atoms with Crippen LogP contribution in [0.3, 0.4) is 0 Å². The number of benzene rings is 1. The molecular formula is C19H14F3NO3S2. The monoisotopic (exact) mass is 425 g/mol. The third kappa shape index (κ3) is 3.67. The summed E-state index contributed by atoms with van der Waals surface area (Å²) in [5.41, 5.74) is 0.0834. The van der Waals surface area contributed by atoms with Gasteiger partial charge in [0, 0.05) is 15.3 Å². The van der Waals surface area contributed by atoms with Crippen LogP contribution in [0.25, 0.3) is 10.4 Å². The number of rotatable bonds is 5. The average Bonchev–Trinajstić information content (AvgIpc) is 3.27. The number of esters is 1. The molecule has 3 aromatic rings. The third-order valence-corrected chi connectivity index (χ3v) is 5.75. The van der Waals surface area contributed by atoms with Crippen molar-refractivity contribution in [2.45, 2.75) is 13.8 Å². The maximum Gasteiger partial charge on any atom is 0.341 e. The Morgan fingerprint density at radius 2 is 1.89 bits per heavy atom. The van der Waals surface area contributed by atoms with Crippen molar-refractivity contribution in [3.63, 3.8) is 0 Å². The fourth-order valence-electron chi connectivity index (χ4n) is 2.62.